The van der Waals surface area contributed by atoms with Gasteiger partial charge in [-0.1, -0.05) is 24.3 Å². The molecule has 0 radical (unpaired) electrons. The number of hydrogen-bond acceptors (Lipinski definition) is 8. The third kappa shape index (κ3) is 5.15. The van der Waals surface area contributed by atoms with Crippen LogP contribution < -0.4 is 4.74 Å². The SMILES string of the molecule is CS(C)(=O)=Nc1ccc(-c2ccc(-c3nc4nc(O[C@@H]5CO[C@H](CO)C5(F)F)[nH]c4cc3F)cc2)nc1. The Hall–Kier alpha value is -3.55. The molecule has 5 rings (SSSR count). The molecule has 0 saturated carbocycles. The summed E-state index contributed by atoms with van der Waals surface area (Å²) in [5.74, 6) is -4.06. The first-order valence-corrected chi connectivity index (χ1v) is 13.4. The van der Waals surface area contributed by atoms with E-state index >= 15 is 0 Å². The van der Waals surface area contributed by atoms with Crippen LogP contribution in [0.2, 0.25) is 0 Å². The second-order valence-electron chi connectivity index (χ2n) is 8.77. The van der Waals surface area contributed by atoms with Crippen molar-refractivity contribution in [1.82, 2.24) is 19.9 Å². The molecule has 3 aromatic heterocycles. The van der Waals surface area contributed by atoms with Gasteiger partial charge >= 0.3 is 5.92 Å². The van der Waals surface area contributed by atoms with Crippen LogP contribution in [-0.4, -0.2) is 73.1 Å². The molecule has 2 atom stereocenters. The van der Waals surface area contributed by atoms with Crippen molar-refractivity contribution in [2.75, 3.05) is 25.7 Å². The maximum atomic E-state index is 14.9. The molecule has 0 bridgehead atoms. The van der Waals surface area contributed by atoms with E-state index in [-0.39, 0.29) is 22.9 Å². The number of aliphatic hydroxyl groups excluding tert-OH is 1. The molecule has 4 heterocycles. The minimum atomic E-state index is -3.42. The molecular formula is C24H22F3N5O4S. The van der Waals surface area contributed by atoms with Gasteiger partial charge in [0.15, 0.2) is 17.6 Å². The van der Waals surface area contributed by atoms with Crippen LogP contribution in [0.3, 0.4) is 0 Å². The number of fused-ring (bicyclic) bond motifs is 1. The second-order valence-corrected chi connectivity index (χ2v) is 11.3. The third-order valence-electron chi connectivity index (χ3n) is 5.66. The molecule has 13 heteroatoms. The number of alkyl halides is 2. The van der Waals surface area contributed by atoms with Crippen molar-refractivity contribution < 1.29 is 32.0 Å². The normalized spacial score (nSPS) is 19.3. The van der Waals surface area contributed by atoms with E-state index in [1.807, 2.05) is 0 Å². The number of halogens is 3. The Morgan fingerprint density at radius 2 is 1.92 bits per heavy atom. The van der Waals surface area contributed by atoms with E-state index in [0.717, 1.165) is 11.6 Å². The van der Waals surface area contributed by atoms with E-state index in [1.54, 1.807) is 36.4 Å². The Morgan fingerprint density at radius 1 is 1.19 bits per heavy atom. The second kappa shape index (κ2) is 9.39. The minimum absolute atomic E-state index is 0.0229. The maximum Gasteiger partial charge on any atom is 0.314 e. The molecule has 0 amide bonds. The highest BCUT2D eigenvalue weighted by molar-refractivity contribution is 7.92. The van der Waals surface area contributed by atoms with Crippen molar-refractivity contribution in [3.8, 4) is 28.5 Å². The Bertz CT molecular complexity index is 1560. The predicted molar refractivity (Wildman–Crippen MR) is 131 cm³/mol. The van der Waals surface area contributed by atoms with Gasteiger partial charge in [-0.3, -0.25) is 4.98 Å². The molecule has 0 unspecified atom stereocenters. The highest BCUT2D eigenvalue weighted by Crippen LogP contribution is 2.35. The van der Waals surface area contributed by atoms with Crippen molar-refractivity contribution in [2.45, 2.75) is 18.1 Å². The first kappa shape index (κ1) is 25.1. The number of nitrogens with zero attached hydrogens (tertiary/aromatic N) is 4. The molecule has 0 aliphatic carbocycles. The van der Waals surface area contributed by atoms with Crippen LogP contribution >= 0.6 is 0 Å². The van der Waals surface area contributed by atoms with E-state index in [4.69, 9.17) is 14.6 Å². The van der Waals surface area contributed by atoms with E-state index in [9.17, 15) is 17.4 Å². The molecule has 1 aliphatic rings. The van der Waals surface area contributed by atoms with E-state index in [0.29, 0.717) is 16.9 Å². The summed E-state index contributed by atoms with van der Waals surface area (Å²) < 4.78 is 69.5. The zero-order chi connectivity index (χ0) is 26.4. The van der Waals surface area contributed by atoms with Crippen LogP contribution in [-0.2, 0) is 14.5 Å². The lowest BCUT2D eigenvalue weighted by molar-refractivity contribution is -0.118. The molecular weight excluding hydrogens is 511 g/mol. The van der Waals surface area contributed by atoms with Crippen LogP contribution in [0.25, 0.3) is 33.7 Å². The summed E-state index contributed by atoms with van der Waals surface area (Å²) in [6.07, 6.45) is 1.28. The quantitative estimate of drug-likeness (QED) is 0.385. The summed E-state index contributed by atoms with van der Waals surface area (Å²) in [6.45, 7) is -1.28. The number of rotatable bonds is 6. The Balaban J connectivity index is 1.37. The average Bonchev–Trinajstić information content (AvgIpc) is 3.36. The summed E-state index contributed by atoms with van der Waals surface area (Å²) >= 11 is 0. The number of benzene rings is 1. The van der Waals surface area contributed by atoms with E-state index < -0.39 is 46.9 Å². The van der Waals surface area contributed by atoms with E-state index in [1.165, 1.54) is 18.7 Å². The van der Waals surface area contributed by atoms with Crippen LogP contribution in [0.15, 0.2) is 53.0 Å². The van der Waals surface area contributed by atoms with Gasteiger partial charge in [0.1, 0.15) is 11.8 Å². The Labute approximate surface area is 209 Å². The molecule has 1 saturated heterocycles. The summed E-state index contributed by atoms with van der Waals surface area (Å²) in [7, 11) is -2.29. The highest BCUT2D eigenvalue weighted by Gasteiger charge is 2.55. The largest absolute Gasteiger partial charge is 0.452 e. The van der Waals surface area contributed by atoms with Crippen molar-refractivity contribution >= 4 is 26.6 Å². The third-order valence-corrected chi connectivity index (χ3v) is 6.31. The molecule has 1 fully saturated rings. The van der Waals surface area contributed by atoms with Gasteiger partial charge in [0.05, 0.1) is 36.3 Å². The summed E-state index contributed by atoms with van der Waals surface area (Å²) in [4.78, 5) is 15.3. The summed E-state index contributed by atoms with van der Waals surface area (Å²) in [6, 6.07) is 11.2. The average molecular weight is 534 g/mol. The van der Waals surface area contributed by atoms with Gasteiger partial charge in [0.25, 0.3) is 6.01 Å². The number of aromatic amines is 1. The first-order chi connectivity index (χ1) is 17.5. The molecule has 4 aromatic rings. The molecule has 2 N–H and O–H groups in total. The van der Waals surface area contributed by atoms with Crippen molar-refractivity contribution in [3.05, 3.63) is 54.5 Å². The van der Waals surface area contributed by atoms with E-state index in [2.05, 4.69) is 24.3 Å². The smallest absolute Gasteiger partial charge is 0.314 e. The van der Waals surface area contributed by atoms with Gasteiger partial charge in [-0.15, -0.1) is 0 Å². The van der Waals surface area contributed by atoms with Gasteiger partial charge < -0.3 is 19.6 Å². The van der Waals surface area contributed by atoms with Gasteiger partial charge in [-0.05, 0) is 12.1 Å². The molecule has 1 aromatic carbocycles. The number of ether oxygens (including phenoxy) is 2. The van der Waals surface area contributed by atoms with Crippen LogP contribution in [0.1, 0.15) is 0 Å². The number of nitrogens with one attached hydrogen (secondary N) is 1. The molecule has 194 valence electrons. The maximum absolute atomic E-state index is 14.9. The minimum Gasteiger partial charge on any atom is -0.452 e. The number of H-pyrrole nitrogens is 1. The van der Waals surface area contributed by atoms with Crippen molar-refractivity contribution in [3.63, 3.8) is 0 Å². The Morgan fingerprint density at radius 3 is 2.54 bits per heavy atom. The number of pyridine rings is 2. The highest BCUT2D eigenvalue weighted by atomic mass is 32.2. The standard InChI is InChI=1S/C24H22F3N5O4S/c1-37(2,34)32-15-7-8-17(28-10-15)13-3-5-14(6-4-13)21-16(25)9-18-22(30-21)31-23(29-18)36-20-12-35-19(11-33)24(20,26)27/h3-10,19-20,33H,11-12H2,1-2H3,(H,29,30,31)/t19-,20-/m1/s1. The lowest BCUT2D eigenvalue weighted by Gasteiger charge is -2.20. The zero-order valence-electron chi connectivity index (χ0n) is 19.7. The zero-order valence-corrected chi connectivity index (χ0v) is 20.5. The van der Waals surface area contributed by atoms with Gasteiger partial charge in [-0.25, -0.2) is 13.6 Å². The summed E-state index contributed by atoms with van der Waals surface area (Å²) in [5, 5.41) is 9.05. The molecule has 0 spiro atoms. The molecule has 1 aliphatic heterocycles. The fourth-order valence-corrected chi connectivity index (χ4v) is 4.49. The number of imidazole rings is 1. The Kier molecular flexibility index (Phi) is 6.38. The lowest BCUT2D eigenvalue weighted by atomic mass is 10.1. The molecule has 9 nitrogen and oxygen atoms in total. The first-order valence-electron chi connectivity index (χ1n) is 11.1. The van der Waals surface area contributed by atoms with Gasteiger partial charge in [0, 0.05) is 39.4 Å². The number of hydrogen-bond donors (Lipinski definition) is 2. The lowest BCUT2D eigenvalue weighted by Crippen LogP contribution is -2.43. The van der Waals surface area contributed by atoms with Gasteiger partial charge in [-0.2, -0.15) is 18.1 Å². The van der Waals surface area contributed by atoms with Crippen LogP contribution in [0.4, 0.5) is 18.9 Å². The topological polar surface area (TPSA) is 123 Å². The monoisotopic (exact) mass is 533 g/mol. The van der Waals surface area contributed by atoms with Crippen LogP contribution in [0, 0.1) is 5.82 Å². The van der Waals surface area contributed by atoms with Crippen LogP contribution in [0.5, 0.6) is 6.01 Å². The summed E-state index contributed by atoms with van der Waals surface area (Å²) in [5.41, 5.74) is 2.68. The number of aromatic nitrogens is 4. The van der Waals surface area contributed by atoms with Crippen molar-refractivity contribution in [2.24, 2.45) is 4.36 Å². The molecule has 37 heavy (non-hydrogen) atoms. The fourth-order valence-electron chi connectivity index (χ4n) is 3.87. The fraction of sp³-hybridized carbons (Fsp3) is 0.292. The predicted octanol–water partition coefficient (Wildman–Crippen LogP) is 3.96. The number of aliphatic hydroxyl groups is 1. The van der Waals surface area contributed by atoms with Gasteiger partial charge in [0.2, 0.25) is 0 Å². The van der Waals surface area contributed by atoms with Crippen molar-refractivity contribution in [1.29, 1.82) is 0 Å².